The molecule has 1 aromatic heterocycles. The number of fused-ring (bicyclic) bond motifs is 1. The Labute approximate surface area is 221 Å². The Kier molecular flexibility index (Phi) is 7.51. The Morgan fingerprint density at radius 1 is 1.18 bits per heavy atom. The van der Waals surface area contributed by atoms with Crippen molar-refractivity contribution >= 4 is 17.8 Å². The van der Waals surface area contributed by atoms with Crippen molar-refractivity contribution in [3.8, 4) is 6.07 Å². The number of allylic oxidation sites excluding steroid dienone is 2. The first-order chi connectivity index (χ1) is 18.5. The van der Waals surface area contributed by atoms with E-state index < -0.39 is 29.6 Å². The Hall–Kier alpha value is -4.57. The number of carbonyl (C=O) groups is 1. The van der Waals surface area contributed by atoms with E-state index in [4.69, 9.17) is 9.47 Å². The minimum Gasteiger partial charge on any atom is -0.437 e. The van der Waals surface area contributed by atoms with Crippen molar-refractivity contribution in [3.63, 3.8) is 0 Å². The lowest BCUT2D eigenvalue weighted by Gasteiger charge is -2.35. The normalized spacial score (nSPS) is 15.3. The molecule has 4 rings (SSSR count). The number of benzene rings is 2. The molecule has 0 saturated heterocycles. The number of likely N-dealkylation sites (N-methyl/N-ethyl adjacent to an activating group) is 1. The van der Waals surface area contributed by atoms with Crippen LogP contribution in [-0.4, -0.2) is 53.2 Å². The fourth-order valence-electron chi connectivity index (χ4n) is 4.23. The van der Waals surface area contributed by atoms with E-state index in [1.54, 1.807) is 31.2 Å². The summed E-state index contributed by atoms with van der Waals surface area (Å²) in [7, 11) is 4.76. The van der Waals surface area contributed by atoms with E-state index in [0.717, 1.165) is 19.2 Å². The van der Waals surface area contributed by atoms with Crippen LogP contribution in [0.3, 0.4) is 0 Å². The third-order valence-electron chi connectivity index (χ3n) is 6.16. The van der Waals surface area contributed by atoms with Gasteiger partial charge in [0, 0.05) is 12.2 Å². The SMILES string of the molecule is COC(=O)OC1=C(C)N(c2cccc(C(F)(F)F)c2)c2nn(CCN(C)C)c(=O)n2C1c1ccc(C#N)cc1. The van der Waals surface area contributed by atoms with Crippen LogP contribution in [0.15, 0.2) is 64.8 Å². The molecule has 1 atom stereocenters. The van der Waals surface area contributed by atoms with Gasteiger partial charge in [-0.15, -0.1) is 5.10 Å². The van der Waals surface area contributed by atoms with Crippen molar-refractivity contribution in [2.24, 2.45) is 0 Å². The molecule has 1 aliphatic rings. The zero-order valence-corrected chi connectivity index (χ0v) is 21.6. The summed E-state index contributed by atoms with van der Waals surface area (Å²) in [5, 5.41) is 13.7. The summed E-state index contributed by atoms with van der Waals surface area (Å²) in [6.07, 6.45) is -5.70. The number of halogens is 3. The van der Waals surface area contributed by atoms with Crippen molar-refractivity contribution in [3.05, 3.63) is 87.2 Å². The summed E-state index contributed by atoms with van der Waals surface area (Å²) in [6.45, 7) is 2.19. The van der Waals surface area contributed by atoms with Crippen LogP contribution >= 0.6 is 0 Å². The average Bonchev–Trinajstić information content (AvgIpc) is 3.22. The molecule has 10 nitrogen and oxygen atoms in total. The van der Waals surface area contributed by atoms with Crippen LogP contribution in [0.5, 0.6) is 0 Å². The topological polar surface area (TPSA) is 106 Å². The predicted molar refractivity (Wildman–Crippen MR) is 134 cm³/mol. The van der Waals surface area contributed by atoms with Crippen LogP contribution in [0.25, 0.3) is 0 Å². The van der Waals surface area contributed by atoms with Crippen molar-refractivity contribution in [2.75, 3.05) is 32.6 Å². The standard InChI is InChI=1S/C26H25F3N6O4/c1-16-22(39-25(37)38-4)21(18-10-8-17(15-30)9-11-18)35-23(31-33(24(35)36)13-12-32(2)3)34(16)20-7-5-6-19(14-20)26(27,28)29/h5-11,14,21H,12-13H2,1-4H3. The van der Waals surface area contributed by atoms with Gasteiger partial charge in [0.15, 0.2) is 5.76 Å². The molecule has 1 aliphatic heterocycles. The van der Waals surface area contributed by atoms with Gasteiger partial charge in [-0.25, -0.2) is 18.8 Å². The first kappa shape index (κ1) is 27.5. The fraction of sp³-hybridized carbons (Fsp3) is 0.308. The van der Waals surface area contributed by atoms with E-state index in [2.05, 4.69) is 5.10 Å². The molecule has 0 aliphatic carbocycles. The van der Waals surface area contributed by atoms with E-state index in [1.165, 1.54) is 26.3 Å². The van der Waals surface area contributed by atoms with Crippen LogP contribution in [-0.2, 0) is 22.2 Å². The maximum absolute atomic E-state index is 13.7. The number of hydrogen-bond donors (Lipinski definition) is 0. The second kappa shape index (κ2) is 10.7. The van der Waals surface area contributed by atoms with E-state index in [-0.39, 0.29) is 29.6 Å². The zero-order chi connectivity index (χ0) is 28.5. The monoisotopic (exact) mass is 542 g/mol. The van der Waals surface area contributed by atoms with Gasteiger partial charge in [-0.3, -0.25) is 4.90 Å². The predicted octanol–water partition coefficient (Wildman–Crippen LogP) is 4.25. The third-order valence-corrected chi connectivity index (χ3v) is 6.16. The first-order valence-corrected chi connectivity index (χ1v) is 11.7. The summed E-state index contributed by atoms with van der Waals surface area (Å²) in [5.74, 6) is -0.0205. The second-order valence-electron chi connectivity index (χ2n) is 9.00. The molecule has 204 valence electrons. The molecular weight excluding hydrogens is 517 g/mol. The molecule has 0 spiro atoms. The van der Waals surface area contributed by atoms with Crippen LogP contribution in [0.4, 0.5) is 29.6 Å². The lowest BCUT2D eigenvalue weighted by Crippen LogP contribution is -2.37. The van der Waals surface area contributed by atoms with Gasteiger partial charge < -0.3 is 14.4 Å². The maximum atomic E-state index is 13.7. The van der Waals surface area contributed by atoms with Gasteiger partial charge in [0.1, 0.15) is 6.04 Å². The van der Waals surface area contributed by atoms with Gasteiger partial charge >= 0.3 is 18.0 Å². The average molecular weight is 543 g/mol. The fourth-order valence-corrected chi connectivity index (χ4v) is 4.23. The summed E-state index contributed by atoms with van der Waals surface area (Å²) in [5.41, 5.74) is -0.365. The highest BCUT2D eigenvalue weighted by Crippen LogP contribution is 2.43. The summed E-state index contributed by atoms with van der Waals surface area (Å²) < 4.78 is 53.5. The molecule has 0 amide bonds. The van der Waals surface area contributed by atoms with Gasteiger partial charge in [0.05, 0.1) is 36.5 Å². The van der Waals surface area contributed by atoms with E-state index >= 15 is 0 Å². The van der Waals surface area contributed by atoms with Crippen LogP contribution in [0.1, 0.15) is 29.7 Å². The molecule has 2 heterocycles. The van der Waals surface area contributed by atoms with E-state index in [1.807, 2.05) is 25.1 Å². The molecule has 0 fully saturated rings. The summed E-state index contributed by atoms with van der Waals surface area (Å²) in [6, 6.07) is 11.8. The molecule has 0 radical (unpaired) electrons. The van der Waals surface area contributed by atoms with Crippen LogP contribution < -0.4 is 10.6 Å². The number of ether oxygens (including phenoxy) is 2. The van der Waals surface area contributed by atoms with E-state index in [0.29, 0.717) is 17.7 Å². The van der Waals surface area contributed by atoms with Gasteiger partial charge in [-0.1, -0.05) is 18.2 Å². The van der Waals surface area contributed by atoms with Gasteiger partial charge in [0.2, 0.25) is 5.95 Å². The number of methoxy groups -OCH3 is 1. The number of carbonyl (C=O) groups excluding carboxylic acids is 1. The molecule has 2 aromatic carbocycles. The van der Waals surface area contributed by atoms with Gasteiger partial charge in [-0.2, -0.15) is 18.4 Å². The molecular formula is C26H25F3N6O4. The number of nitriles is 1. The molecule has 39 heavy (non-hydrogen) atoms. The number of rotatable bonds is 6. The Balaban J connectivity index is 2.01. The smallest absolute Gasteiger partial charge is 0.437 e. The van der Waals surface area contributed by atoms with Gasteiger partial charge in [-0.05, 0) is 56.9 Å². The third kappa shape index (κ3) is 5.37. The molecule has 0 saturated carbocycles. The Morgan fingerprint density at radius 3 is 2.46 bits per heavy atom. The zero-order valence-electron chi connectivity index (χ0n) is 21.6. The van der Waals surface area contributed by atoms with E-state index in [9.17, 15) is 28.0 Å². The number of alkyl halides is 3. The van der Waals surface area contributed by atoms with Crippen molar-refractivity contribution in [2.45, 2.75) is 25.7 Å². The largest absolute Gasteiger partial charge is 0.513 e. The van der Waals surface area contributed by atoms with Crippen LogP contribution in [0.2, 0.25) is 0 Å². The number of hydrogen-bond acceptors (Lipinski definition) is 8. The highest BCUT2D eigenvalue weighted by Gasteiger charge is 2.40. The molecule has 13 heteroatoms. The highest BCUT2D eigenvalue weighted by molar-refractivity contribution is 5.69. The Bertz CT molecular complexity index is 1520. The maximum Gasteiger partial charge on any atom is 0.513 e. The second-order valence-corrected chi connectivity index (χ2v) is 9.00. The highest BCUT2D eigenvalue weighted by atomic mass is 19.4. The Morgan fingerprint density at radius 2 is 1.87 bits per heavy atom. The van der Waals surface area contributed by atoms with Crippen molar-refractivity contribution < 1.29 is 27.4 Å². The molecule has 1 unspecified atom stereocenters. The molecule has 0 N–H and O–H groups in total. The lowest BCUT2D eigenvalue weighted by atomic mass is 10.00. The van der Waals surface area contributed by atoms with Crippen molar-refractivity contribution in [1.29, 1.82) is 5.26 Å². The minimum absolute atomic E-state index is 0.0298. The van der Waals surface area contributed by atoms with Crippen molar-refractivity contribution in [1.82, 2.24) is 19.2 Å². The first-order valence-electron chi connectivity index (χ1n) is 11.7. The summed E-state index contributed by atoms with van der Waals surface area (Å²) in [4.78, 5) is 29.2. The number of aromatic nitrogens is 3. The quantitative estimate of drug-likeness (QED) is 0.426. The molecule has 3 aromatic rings. The van der Waals surface area contributed by atoms with Gasteiger partial charge in [0.25, 0.3) is 0 Å². The van der Waals surface area contributed by atoms with Crippen LogP contribution in [0, 0.1) is 11.3 Å². The molecule has 0 bridgehead atoms. The minimum atomic E-state index is -4.62. The number of anilines is 2. The lowest BCUT2D eigenvalue weighted by molar-refractivity contribution is -0.137. The summed E-state index contributed by atoms with van der Waals surface area (Å²) >= 11 is 0. The number of nitrogens with zero attached hydrogens (tertiary/aromatic N) is 6.